The number of fused-ring (bicyclic) bond motifs is 3. The lowest BCUT2D eigenvalue weighted by atomic mass is 9.66. The minimum atomic E-state index is -1.53. The minimum absolute atomic E-state index is 0.001000. The van der Waals surface area contributed by atoms with Gasteiger partial charge in [-0.15, -0.1) is 0 Å². The number of methoxy groups -OCH3 is 3. The molecule has 0 spiro atoms. The maximum atomic E-state index is 14.0. The molecule has 0 radical (unpaired) electrons. The van der Waals surface area contributed by atoms with Gasteiger partial charge >= 0.3 is 29.8 Å². The first kappa shape index (κ1) is 45.2. The number of carbonyl (C=O) groups is 5. The van der Waals surface area contributed by atoms with Crippen molar-refractivity contribution in [1.82, 2.24) is 0 Å². The zero-order chi connectivity index (χ0) is 43.8. The molecule has 2 aromatic carbocycles. The molecule has 6 rings (SSSR count). The van der Waals surface area contributed by atoms with Crippen molar-refractivity contribution < 1.29 is 80.8 Å². The van der Waals surface area contributed by atoms with Gasteiger partial charge in [-0.3, -0.25) is 24.0 Å². The molecular formula is C44H56O17. The molecule has 2 saturated heterocycles. The van der Waals surface area contributed by atoms with E-state index in [1.165, 1.54) is 21.3 Å². The number of rotatable bonds is 19. The highest BCUT2D eigenvalue weighted by Gasteiger charge is 2.58. The van der Waals surface area contributed by atoms with E-state index in [-0.39, 0.29) is 39.1 Å². The molecule has 0 N–H and O–H groups in total. The van der Waals surface area contributed by atoms with Crippen LogP contribution in [0.2, 0.25) is 0 Å². The van der Waals surface area contributed by atoms with Gasteiger partial charge in [0.15, 0.2) is 47.6 Å². The Balaban J connectivity index is 1.50. The number of cyclic esters (lactones) is 1. The van der Waals surface area contributed by atoms with E-state index in [1.807, 2.05) is 6.92 Å². The van der Waals surface area contributed by atoms with Crippen LogP contribution in [-0.2, 0) is 57.1 Å². The molecule has 4 aliphatic rings. The van der Waals surface area contributed by atoms with Crippen LogP contribution in [0, 0.1) is 11.8 Å². The van der Waals surface area contributed by atoms with E-state index in [9.17, 15) is 24.0 Å². The van der Waals surface area contributed by atoms with Crippen molar-refractivity contribution in [3.63, 3.8) is 0 Å². The highest BCUT2D eigenvalue weighted by Crippen LogP contribution is 2.57. The summed E-state index contributed by atoms with van der Waals surface area (Å²) < 4.78 is 71.7. The summed E-state index contributed by atoms with van der Waals surface area (Å²) in [4.78, 5) is 66.7. The summed E-state index contributed by atoms with van der Waals surface area (Å²) in [5.41, 5.74) is 1.85. The number of ether oxygens (including phenoxy) is 12. The summed E-state index contributed by atoms with van der Waals surface area (Å²) in [5.74, 6) is -3.17. The predicted molar refractivity (Wildman–Crippen MR) is 211 cm³/mol. The normalized spacial score (nSPS) is 26.0. The molecule has 2 fully saturated rings. The number of esters is 5. The summed E-state index contributed by atoms with van der Waals surface area (Å²) in [5, 5.41) is 0. The molecule has 0 unspecified atom stereocenters. The van der Waals surface area contributed by atoms with E-state index in [0.29, 0.717) is 71.1 Å². The summed E-state index contributed by atoms with van der Waals surface area (Å²) in [6, 6.07) is 7.11. The van der Waals surface area contributed by atoms with Gasteiger partial charge in [-0.1, -0.05) is 27.7 Å². The Bertz CT molecular complexity index is 1890. The van der Waals surface area contributed by atoms with Gasteiger partial charge in [0, 0.05) is 37.5 Å². The largest absolute Gasteiger partial charge is 0.493 e. The van der Waals surface area contributed by atoms with Gasteiger partial charge in [-0.05, 0) is 66.6 Å². The molecule has 0 amide bonds. The predicted octanol–water partition coefficient (Wildman–Crippen LogP) is 5.64. The molecule has 17 nitrogen and oxygen atoms in total. The third-order valence-corrected chi connectivity index (χ3v) is 11.1. The van der Waals surface area contributed by atoms with Crippen LogP contribution < -0.4 is 23.7 Å². The summed E-state index contributed by atoms with van der Waals surface area (Å²) in [6.07, 6.45) is -6.19. The second-order valence-electron chi connectivity index (χ2n) is 15.2. The van der Waals surface area contributed by atoms with Crippen molar-refractivity contribution in [1.29, 1.82) is 0 Å². The topological polar surface area (TPSA) is 196 Å². The molecule has 61 heavy (non-hydrogen) atoms. The lowest BCUT2D eigenvalue weighted by Gasteiger charge is -2.47. The van der Waals surface area contributed by atoms with Crippen LogP contribution in [0.4, 0.5) is 0 Å². The maximum absolute atomic E-state index is 14.0. The highest BCUT2D eigenvalue weighted by atomic mass is 16.7. The molecule has 3 heterocycles. The molecule has 0 bridgehead atoms. The van der Waals surface area contributed by atoms with Crippen LogP contribution >= 0.6 is 0 Å². The fourth-order valence-corrected chi connectivity index (χ4v) is 8.33. The van der Waals surface area contributed by atoms with E-state index in [4.69, 9.17) is 56.8 Å². The molecule has 17 heteroatoms. The van der Waals surface area contributed by atoms with E-state index in [1.54, 1.807) is 45.0 Å². The van der Waals surface area contributed by atoms with Gasteiger partial charge in [0.05, 0.1) is 40.0 Å². The number of hydrogen-bond donors (Lipinski definition) is 0. The molecule has 0 aromatic heterocycles. The standard InChI is InChI=1S/C44H56O17/c1-8-12-32(45)53-21-31-40(58-33(46)13-9-2)41(59-34(47)14-10-3)42(60-35(48)15-11-4)44(57-31)61-38-25-19-28-27(55-22-56-28)18-24(25)36(37-26(38)20-54-43(37)49)23-16-29(50-5)39(52-7)30(17-23)51-6/h16-19,26,31,36-38,40-42,44H,8-15,20-22H2,1-7H3/t26-,31+,36+,37-,38+,40-,41-,42+,44-/m0/s1. The Morgan fingerprint density at radius 1 is 0.656 bits per heavy atom. The van der Waals surface area contributed by atoms with Crippen LogP contribution in [0.5, 0.6) is 28.7 Å². The van der Waals surface area contributed by atoms with Crippen molar-refractivity contribution >= 4 is 29.8 Å². The Morgan fingerprint density at radius 3 is 1.75 bits per heavy atom. The van der Waals surface area contributed by atoms with Crippen molar-refractivity contribution in [2.45, 2.75) is 122 Å². The maximum Gasteiger partial charge on any atom is 0.310 e. The lowest BCUT2D eigenvalue weighted by molar-refractivity contribution is -0.323. The fraction of sp³-hybridized carbons (Fsp3) is 0.614. The zero-order valence-electron chi connectivity index (χ0n) is 35.7. The molecule has 3 aliphatic heterocycles. The molecule has 9 atom stereocenters. The smallest absolute Gasteiger partial charge is 0.310 e. The second kappa shape index (κ2) is 20.5. The fourth-order valence-electron chi connectivity index (χ4n) is 8.33. The average molecular weight is 857 g/mol. The third kappa shape index (κ3) is 9.77. The molecule has 334 valence electrons. The van der Waals surface area contributed by atoms with Crippen molar-refractivity contribution in [3.8, 4) is 28.7 Å². The monoisotopic (exact) mass is 856 g/mol. The first-order chi connectivity index (χ1) is 29.5. The minimum Gasteiger partial charge on any atom is -0.493 e. The average Bonchev–Trinajstić information content (AvgIpc) is 3.87. The Kier molecular flexibility index (Phi) is 15.2. The SMILES string of the molecule is CCCC(=O)OC[C@H]1O[C@@H](O[C@@H]2c3cc4c(cc3[C@@H](c3cc(OC)c(OC)c(OC)c3)[C@H]3C(=O)OC[C@@H]32)OCO4)[C@H](OC(=O)CCC)[C@@H](OC(=O)CCC)[C@H]1OC(=O)CCC. The Labute approximate surface area is 354 Å². The van der Waals surface area contributed by atoms with Crippen molar-refractivity contribution in [2.75, 3.05) is 41.3 Å². The summed E-state index contributed by atoms with van der Waals surface area (Å²) >= 11 is 0. The second-order valence-corrected chi connectivity index (χ2v) is 15.2. The van der Waals surface area contributed by atoms with Crippen LogP contribution in [0.3, 0.4) is 0 Å². The van der Waals surface area contributed by atoms with Crippen LogP contribution in [0.25, 0.3) is 0 Å². The number of carbonyl (C=O) groups excluding carboxylic acids is 5. The number of hydrogen-bond acceptors (Lipinski definition) is 17. The van der Waals surface area contributed by atoms with Gasteiger partial charge in [-0.25, -0.2) is 0 Å². The summed E-state index contributed by atoms with van der Waals surface area (Å²) in [6.45, 7) is 6.68. The lowest BCUT2D eigenvalue weighted by Crippen LogP contribution is -2.63. The van der Waals surface area contributed by atoms with Crippen LogP contribution in [0.1, 0.15) is 108 Å². The van der Waals surface area contributed by atoms with Gasteiger partial charge in [0.1, 0.15) is 12.7 Å². The molecule has 0 saturated carbocycles. The van der Waals surface area contributed by atoms with Crippen molar-refractivity contribution in [2.24, 2.45) is 11.8 Å². The van der Waals surface area contributed by atoms with Gasteiger partial charge in [-0.2, -0.15) is 0 Å². The van der Waals surface area contributed by atoms with E-state index in [0.717, 1.165) is 0 Å². The van der Waals surface area contributed by atoms with Crippen molar-refractivity contribution in [3.05, 3.63) is 41.0 Å². The summed E-state index contributed by atoms with van der Waals surface area (Å²) in [7, 11) is 4.49. The number of benzene rings is 2. The van der Waals surface area contributed by atoms with E-state index in [2.05, 4.69) is 0 Å². The Hall–Kier alpha value is -5.29. The van der Waals surface area contributed by atoms with E-state index < -0.39 is 91.0 Å². The van der Waals surface area contributed by atoms with Gasteiger partial charge < -0.3 is 56.8 Å². The quantitative estimate of drug-likeness (QED) is 0.124. The molecular weight excluding hydrogens is 800 g/mol. The molecule has 1 aliphatic carbocycles. The van der Waals surface area contributed by atoms with Crippen LogP contribution in [0.15, 0.2) is 24.3 Å². The van der Waals surface area contributed by atoms with Gasteiger partial charge in [0.2, 0.25) is 12.5 Å². The van der Waals surface area contributed by atoms with Crippen LogP contribution in [-0.4, -0.2) is 102 Å². The highest BCUT2D eigenvalue weighted by molar-refractivity contribution is 5.79. The van der Waals surface area contributed by atoms with E-state index >= 15 is 0 Å². The third-order valence-electron chi connectivity index (χ3n) is 11.1. The van der Waals surface area contributed by atoms with Gasteiger partial charge in [0.25, 0.3) is 0 Å². The Morgan fingerprint density at radius 2 is 1.20 bits per heavy atom. The molecule has 2 aromatic rings. The first-order valence-corrected chi connectivity index (χ1v) is 20.9. The zero-order valence-corrected chi connectivity index (χ0v) is 35.7. The first-order valence-electron chi connectivity index (χ1n) is 20.9.